The molecule has 2 rings (SSSR count). The van der Waals surface area contributed by atoms with Crippen LogP contribution in [0, 0.1) is 0 Å². The molecule has 4 nitrogen and oxygen atoms in total. The van der Waals surface area contributed by atoms with Crippen LogP contribution in [-0.4, -0.2) is 19.1 Å². The van der Waals surface area contributed by atoms with Gasteiger partial charge in [-0.15, -0.1) is 0 Å². The van der Waals surface area contributed by atoms with Gasteiger partial charge in [-0.2, -0.15) is 0 Å². The highest BCUT2D eigenvalue weighted by Crippen LogP contribution is 2.38. The lowest BCUT2D eigenvalue weighted by Gasteiger charge is -2.16. The Bertz CT molecular complexity index is 635. The number of pyridine rings is 1. The van der Waals surface area contributed by atoms with E-state index in [1.807, 2.05) is 31.3 Å². The van der Waals surface area contributed by atoms with Gasteiger partial charge in [0.15, 0.2) is 0 Å². The summed E-state index contributed by atoms with van der Waals surface area (Å²) in [7, 11) is 3.53. The van der Waals surface area contributed by atoms with Crippen molar-refractivity contribution in [1.29, 1.82) is 0 Å². The molecule has 0 aliphatic heterocycles. The number of methoxy groups -OCH3 is 1. The predicted octanol–water partition coefficient (Wildman–Crippen LogP) is 4.69. The summed E-state index contributed by atoms with van der Waals surface area (Å²) >= 11 is 6.95. The van der Waals surface area contributed by atoms with Crippen LogP contribution in [0.2, 0.25) is 0 Å². The van der Waals surface area contributed by atoms with Crippen molar-refractivity contribution in [2.24, 2.45) is 0 Å². The minimum absolute atomic E-state index is 0.147. The van der Waals surface area contributed by atoms with Crippen LogP contribution in [0.1, 0.15) is 18.5 Å². The van der Waals surface area contributed by atoms with E-state index >= 15 is 0 Å². The summed E-state index contributed by atoms with van der Waals surface area (Å²) < 4.78 is 12.8. The third-order valence-corrected chi connectivity index (χ3v) is 4.35. The highest BCUT2D eigenvalue weighted by atomic mass is 79.9. The number of halogens is 2. The molecular formula is C15H16Br2N2O2. The van der Waals surface area contributed by atoms with Gasteiger partial charge in [0.25, 0.3) is 0 Å². The first-order valence-corrected chi connectivity index (χ1v) is 7.98. The molecule has 1 heterocycles. The standard InChI is InChI=1S/C15H16Br2N2O2/c1-9(18-2)10-5-4-6-19-15(10)21-14-8-11(16)13(20-3)7-12(14)17/h4-9,18H,1-3H3. The van der Waals surface area contributed by atoms with Crippen molar-refractivity contribution >= 4 is 31.9 Å². The number of rotatable bonds is 5. The van der Waals surface area contributed by atoms with Crippen molar-refractivity contribution in [3.05, 3.63) is 45.0 Å². The van der Waals surface area contributed by atoms with Crippen LogP contribution < -0.4 is 14.8 Å². The molecule has 6 heteroatoms. The van der Waals surface area contributed by atoms with Crippen LogP contribution >= 0.6 is 31.9 Å². The van der Waals surface area contributed by atoms with Gasteiger partial charge in [-0.25, -0.2) is 4.98 Å². The summed E-state index contributed by atoms with van der Waals surface area (Å²) in [5.41, 5.74) is 0.999. The largest absolute Gasteiger partial charge is 0.496 e. The lowest BCUT2D eigenvalue weighted by Crippen LogP contribution is -2.13. The number of hydrogen-bond acceptors (Lipinski definition) is 4. The maximum Gasteiger partial charge on any atom is 0.224 e. The van der Waals surface area contributed by atoms with Gasteiger partial charge < -0.3 is 14.8 Å². The van der Waals surface area contributed by atoms with E-state index in [9.17, 15) is 0 Å². The molecule has 1 atom stereocenters. The van der Waals surface area contributed by atoms with Gasteiger partial charge in [0.1, 0.15) is 11.5 Å². The Morgan fingerprint density at radius 3 is 2.52 bits per heavy atom. The molecule has 1 unspecified atom stereocenters. The van der Waals surface area contributed by atoms with Crippen molar-refractivity contribution in [2.45, 2.75) is 13.0 Å². The van der Waals surface area contributed by atoms with Crippen LogP contribution in [0.3, 0.4) is 0 Å². The second kappa shape index (κ2) is 7.24. The molecule has 0 spiro atoms. The first-order valence-electron chi connectivity index (χ1n) is 6.40. The molecule has 21 heavy (non-hydrogen) atoms. The Balaban J connectivity index is 2.37. The van der Waals surface area contributed by atoms with Crippen LogP contribution in [-0.2, 0) is 0 Å². The van der Waals surface area contributed by atoms with Crippen LogP contribution in [0.5, 0.6) is 17.4 Å². The average molecular weight is 416 g/mol. The van der Waals surface area contributed by atoms with E-state index < -0.39 is 0 Å². The Labute approximate surface area is 141 Å². The van der Waals surface area contributed by atoms with E-state index in [4.69, 9.17) is 9.47 Å². The van der Waals surface area contributed by atoms with Gasteiger partial charge >= 0.3 is 0 Å². The lowest BCUT2D eigenvalue weighted by molar-refractivity contribution is 0.407. The Morgan fingerprint density at radius 1 is 1.19 bits per heavy atom. The SMILES string of the molecule is CNC(C)c1cccnc1Oc1cc(Br)c(OC)cc1Br. The van der Waals surface area contributed by atoms with Crippen LogP contribution in [0.15, 0.2) is 39.4 Å². The first kappa shape index (κ1) is 16.3. The zero-order chi connectivity index (χ0) is 15.4. The van der Waals surface area contributed by atoms with Crippen molar-refractivity contribution in [1.82, 2.24) is 10.3 Å². The van der Waals surface area contributed by atoms with Gasteiger partial charge in [0, 0.05) is 17.8 Å². The maximum atomic E-state index is 5.96. The molecule has 0 amide bonds. The number of nitrogens with one attached hydrogen (secondary N) is 1. The molecule has 0 aliphatic rings. The fourth-order valence-electron chi connectivity index (χ4n) is 1.82. The highest BCUT2D eigenvalue weighted by molar-refractivity contribution is 9.11. The number of aromatic nitrogens is 1. The summed E-state index contributed by atoms with van der Waals surface area (Å²) in [5, 5.41) is 3.19. The summed E-state index contributed by atoms with van der Waals surface area (Å²) in [6, 6.07) is 7.74. The number of nitrogens with zero attached hydrogens (tertiary/aromatic N) is 1. The van der Waals surface area contributed by atoms with Crippen LogP contribution in [0.25, 0.3) is 0 Å². The van der Waals surface area contributed by atoms with Gasteiger partial charge in [0.05, 0.1) is 16.1 Å². The smallest absolute Gasteiger partial charge is 0.224 e. The van der Waals surface area contributed by atoms with Crippen molar-refractivity contribution in [3.8, 4) is 17.4 Å². The second-order valence-electron chi connectivity index (χ2n) is 4.43. The summed E-state index contributed by atoms with van der Waals surface area (Å²) in [6.07, 6.45) is 1.72. The highest BCUT2D eigenvalue weighted by Gasteiger charge is 2.14. The fraction of sp³-hybridized carbons (Fsp3) is 0.267. The van der Waals surface area contributed by atoms with Crippen LogP contribution in [0.4, 0.5) is 0 Å². The average Bonchev–Trinajstić information content (AvgIpc) is 2.50. The molecule has 0 aliphatic carbocycles. The molecule has 1 aromatic carbocycles. The zero-order valence-electron chi connectivity index (χ0n) is 12.0. The van der Waals surface area contributed by atoms with E-state index in [1.165, 1.54) is 0 Å². The third-order valence-electron chi connectivity index (χ3n) is 3.11. The van der Waals surface area contributed by atoms with E-state index in [0.29, 0.717) is 11.6 Å². The molecule has 0 saturated heterocycles. The van der Waals surface area contributed by atoms with E-state index in [-0.39, 0.29) is 6.04 Å². The minimum atomic E-state index is 0.147. The van der Waals surface area contributed by atoms with Crippen molar-refractivity contribution < 1.29 is 9.47 Å². The Kier molecular flexibility index (Phi) is 5.61. The summed E-state index contributed by atoms with van der Waals surface area (Å²) in [6.45, 7) is 2.06. The molecular weight excluding hydrogens is 400 g/mol. The molecule has 1 N–H and O–H groups in total. The first-order chi connectivity index (χ1) is 10.1. The molecule has 0 fully saturated rings. The molecule has 112 valence electrons. The molecule has 1 aromatic heterocycles. The number of benzene rings is 1. The maximum absolute atomic E-state index is 5.96. The van der Waals surface area contributed by atoms with Crippen molar-refractivity contribution in [3.63, 3.8) is 0 Å². The second-order valence-corrected chi connectivity index (χ2v) is 6.14. The van der Waals surface area contributed by atoms with Gasteiger partial charge in [-0.1, -0.05) is 6.07 Å². The lowest BCUT2D eigenvalue weighted by atomic mass is 10.1. The van der Waals surface area contributed by atoms with E-state index in [2.05, 4.69) is 49.1 Å². The number of ether oxygens (including phenoxy) is 2. The fourth-order valence-corrected chi connectivity index (χ4v) is 2.71. The zero-order valence-corrected chi connectivity index (χ0v) is 15.2. The number of hydrogen-bond donors (Lipinski definition) is 1. The monoisotopic (exact) mass is 414 g/mol. The normalized spacial score (nSPS) is 12.0. The van der Waals surface area contributed by atoms with Gasteiger partial charge in [0.2, 0.25) is 5.88 Å². The predicted molar refractivity (Wildman–Crippen MR) is 90.2 cm³/mol. The summed E-state index contributed by atoms with van der Waals surface area (Å²) in [5.74, 6) is 1.99. The Morgan fingerprint density at radius 2 is 1.86 bits per heavy atom. The molecule has 0 saturated carbocycles. The Hall–Kier alpha value is -1.11. The molecule has 2 aromatic rings. The van der Waals surface area contributed by atoms with Gasteiger partial charge in [-0.3, -0.25) is 0 Å². The van der Waals surface area contributed by atoms with Gasteiger partial charge in [-0.05, 0) is 64.0 Å². The van der Waals surface area contributed by atoms with E-state index in [1.54, 1.807) is 13.3 Å². The topological polar surface area (TPSA) is 43.4 Å². The molecule has 0 bridgehead atoms. The van der Waals surface area contributed by atoms with E-state index in [0.717, 1.165) is 20.3 Å². The summed E-state index contributed by atoms with van der Waals surface area (Å²) in [4.78, 5) is 4.33. The minimum Gasteiger partial charge on any atom is -0.496 e. The molecule has 0 radical (unpaired) electrons. The third kappa shape index (κ3) is 3.75. The quantitative estimate of drug-likeness (QED) is 0.769. The van der Waals surface area contributed by atoms with Crippen molar-refractivity contribution in [2.75, 3.05) is 14.2 Å².